The van der Waals surface area contributed by atoms with Crippen molar-refractivity contribution in [2.24, 2.45) is 0 Å². The molecule has 0 aliphatic carbocycles. The molecule has 19 heavy (non-hydrogen) atoms. The summed E-state index contributed by atoms with van der Waals surface area (Å²) in [6.07, 6.45) is 2.35. The number of nitro benzene ring substituents is 1. The first-order valence-electron chi connectivity index (χ1n) is 5.70. The number of non-ortho nitro benzene ring substituents is 1. The SMILES string of the molecule is CC(CCNc1ccc([N+](=O)[O-])cc1C#N)S(C)=O. The van der Waals surface area contributed by atoms with Crippen molar-refractivity contribution >= 4 is 22.2 Å². The van der Waals surface area contributed by atoms with Gasteiger partial charge in [-0.2, -0.15) is 5.26 Å². The van der Waals surface area contributed by atoms with Crippen molar-refractivity contribution in [3.63, 3.8) is 0 Å². The van der Waals surface area contributed by atoms with Gasteiger partial charge in [-0.3, -0.25) is 14.3 Å². The molecule has 1 aromatic carbocycles. The van der Waals surface area contributed by atoms with Crippen LogP contribution in [0.1, 0.15) is 18.9 Å². The van der Waals surface area contributed by atoms with Crippen molar-refractivity contribution < 1.29 is 9.13 Å². The second kappa shape index (κ2) is 6.85. The van der Waals surface area contributed by atoms with Crippen molar-refractivity contribution in [3.05, 3.63) is 33.9 Å². The smallest absolute Gasteiger partial charge is 0.270 e. The van der Waals surface area contributed by atoms with Crippen LogP contribution in [0.15, 0.2) is 18.2 Å². The molecule has 0 aliphatic rings. The summed E-state index contributed by atoms with van der Waals surface area (Å²) in [6.45, 7) is 2.45. The van der Waals surface area contributed by atoms with Crippen LogP contribution in [-0.4, -0.2) is 27.2 Å². The van der Waals surface area contributed by atoms with E-state index in [4.69, 9.17) is 5.26 Å². The lowest BCUT2D eigenvalue weighted by atomic mass is 10.1. The third kappa shape index (κ3) is 4.34. The third-order valence-corrected chi connectivity index (χ3v) is 4.14. The zero-order valence-corrected chi connectivity index (χ0v) is 11.6. The number of nitriles is 1. The Kier molecular flexibility index (Phi) is 5.45. The van der Waals surface area contributed by atoms with Gasteiger partial charge in [-0.05, 0) is 12.5 Å². The molecule has 0 aromatic heterocycles. The van der Waals surface area contributed by atoms with E-state index in [1.807, 2.05) is 13.0 Å². The molecule has 0 heterocycles. The molecular weight excluding hydrogens is 266 g/mol. The number of nitro groups is 1. The van der Waals surface area contributed by atoms with Crippen molar-refractivity contribution in [2.75, 3.05) is 18.1 Å². The van der Waals surface area contributed by atoms with E-state index in [9.17, 15) is 14.3 Å². The summed E-state index contributed by atoms with van der Waals surface area (Å²) in [5.41, 5.74) is 0.687. The van der Waals surface area contributed by atoms with Gasteiger partial charge in [0.25, 0.3) is 5.69 Å². The Morgan fingerprint density at radius 2 is 2.26 bits per heavy atom. The van der Waals surface area contributed by atoms with Gasteiger partial charge in [-0.25, -0.2) is 0 Å². The molecule has 0 saturated carbocycles. The van der Waals surface area contributed by atoms with Gasteiger partial charge in [0.1, 0.15) is 6.07 Å². The summed E-state index contributed by atoms with van der Waals surface area (Å²) >= 11 is 0. The van der Waals surface area contributed by atoms with Crippen LogP contribution in [0.4, 0.5) is 11.4 Å². The molecule has 0 amide bonds. The summed E-state index contributed by atoms with van der Waals surface area (Å²) in [7, 11) is -0.880. The lowest BCUT2D eigenvalue weighted by molar-refractivity contribution is -0.384. The average molecular weight is 281 g/mol. The van der Waals surface area contributed by atoms with Gasteiger partial charge in [-0.15, -0.1) is 0 Å². The lowest BCUT2D eigenvalue weighted by Gasteiger charge is -2.11. The minimum absolute atomic E-state index is 0.0658. The zero-order chi connectivity index (χ0) is 14.4. The molecule has 0 radical (unpaired) electrons. The van der Waals surface area contributed by atoms with E-state index in [1.165, 1.54) is 18.2 Å². The average Bonchev–Trinajstić information content (AvgIpc) is 2.38. The second-order valence-electron chi connectivity index (χ2n) is 4.12. The number of hydrogen-bond donors (Lipinski definition) is 1. The molecule has 1 rings (SSSR count). The second-order valence-corrected chi connectivity index (χ2v) is 5.93. The van der Waals surface area contributed by atoms with Crippen LogP contribution in [-0.2, 0) is 10.8 Å². The van der Waals surface area contributed by atoms with Gasteiger partial charge in [-0.1, -0.05) is 6.92 Å². The summed E-state index contributed by atoms with van der Waals surface area (Å²) in [6, 6.07) is 6.03. The number of nitrogens with one attached hydrogen (secondary N) is 1. The van der Waals surface area contributed by atoms with Crippen LogP contribution in [0.3, 0.4) is 0 Å². The third-order valence-electron chi connectivity index (χ3n) is 2.77. The van der Waals surface area contributed by atoms with E-state index < -0.39 is 15.7 Å². The fourth-order valence-electron chi connectivity index (χ4n) is 1.47. The van der Waals surface area contributed by atoms with Gasteiger partial charge < -0.3 is 5.32 Å². The Morgan fingerprint density at radius 1 is 1.58 bits per heavy atom. The maximum Gasteiger partial charge on any atom is 0.270 e. The molecule has 0 aliphatic heterocycles. The lowest BCUT2D eigenvalue weighted by Crippen LogP contribution is -2.15. The summed E-state index contributed by atoms with van der Waals surface area (Å²) in [4.78, 5) is 10.1. The van der Waals surface area contributed by atoms with Gasteiger partial charge in [0.15, 0.2) is 0 Å². The normalized spacial score (nSPS) is 13.3. The Bertz CT molecular complexity index is 540. The summed E-state index contributed by atoms with van der Waals surface area (Å²) in [5.74, 6) is 0. The van der Waals surface area contributed by atoms with E-state index in [0.717, 1.165) is 0 Å². The van der Waals surface area contributed by atoms with Gasteiger partial charge in [0.05, 0.1) is 16.2 Å². The summed E-state index contributed by atoms with van der Waals surface area (Å²) < 4.78 is 11.2. The van der Waals surface area contributed by atoms with Crippen LogP contribution in [0.25, 0.3) is 0 Å². The Hall–Kier alpha value is -1.94. The molecule has 2 atom stereocenters. The molecule has 7 heteroatoms. The standard InChI is InChI=1S/C12H15N3O3S/c1-9(19(2)18)5-6-14-12-4-3-11(15(16)17)7-10(12)8-13/h3-4,7,9,14H,5-6H2,1-2H3. The molecule has 102 valence electrons. The number of benzene rings is 1. The van der Waals surface area contributed by atoms with Crippen molar-refractivity contribution in [3.8, 4) is 6.07 Å². The highest BCUT2D eigenvalue weighted by Gasteiger charge is 2.11. The van der Waals surface area contributed by atoms with E-state index in [-0.39, 0.29) is 16.5 Å². The first-order chi connectivity index (χ1) is 8.95. The predicted molar refractivity (Wildman–Crippen MR) is 74.4 cm³/mol. The Morgan fingerprint density at radius 3 is 2.79 bits per heavy atom. The molecule has 0 bridgehead atoms. The molecule has 1 N–H and O–H groups in total. The highest BCUT2D eigenvalue weighted by molar-refractivity contribution is 7.84. The fraction of sp³-hybridized carbons (Fsp3) is 0.417. The topological polar surface area (TPSA) is 96.0 Å². The zero-order valence-electron chi connectivity index (χ0n) is 10.8. The van der Waals surface area contributed by atoms with Gasteiger partial charge >= 0.3 is 0 Å². The van der Waals surface area contributed by atoms with E-state index in [1.54, 1.807) is 6.26 Å². The molecular formula is C12H15N3O3S. The predicted octanol–water partition coefficient (Wildman–Crippen LogP) is 2.04. The quantitative estimate of drug-likeness (QED) is 0.635. The summed E-state index contributed by atoms with van der Waals surface area (Å²) in [5, 5.41) is 22.7. The molecule has 2 unspecified atom stereocenters. The molecule has 0 spiro atoms. The highest BCUT2D eigenvalue weighted by atomic mass is 32.2. The van der Waals surface area contributed by atoms with Crippen LogP contribution in [0.5, 0.6) is 0 Å². The number of anilines is 1. The van der Waals surface area contributed by atoms with E-state index in [0.29, 0.717) is 18.7 Å². The number of nitrogens with zero attached hydrogens (tertiary/aromatic N) is 2. The van der Waals surface area contributed by atoms with Crippen molar-refractivity contribution in [1.82, 2.24) is 0 Å². The first kappa shape index (κ1) is 15.1. The monoisotopic (exact) mass is 281 g/mol. The van der Waals surface area contributed by atoms with Crippen molar-refractivity contribution in [1.29, 1.82) is 5.26 Å². The minimum Gasteiger partial charge on any atom is -0.384 e. The van der Waals surface area contributed by atoms with E-state index in [2.05, 4.69) is 5.32 Å². The van der Waals surface area contributed by atoms with Crippen LogP contribution >= 0.6 is 0 Å². The molecule has 1 aromatic rings. The van der Waals surface area contributed by atoms with Gasteiger partial charge in [0, 0.05) is 41.0 Å². The molecule has 0 saturated heterocycles. The van der Waals surface area contributed by atoms with Crippen LogP contribution in [0, 0.1) is 21.4 Å². The fourth-order valence-corrected chi connectivity index (χ4v) is 1.92. The minimum atomic E-state index is -0.880. The van der Waals surface area contributed by atoms with Crippen LogP contribution < -0.4 is 5.32 Å². The molecule has 6 nitrogen and oxygen atoms in total. The molecule has 0 fully saturated rings. The largest absolute Gasteiger partial charge is 0.384 e. The number of hydrogen-bond acceptors (Lipinski definition) is 5. The van der Waals surface area contributed by atoms with E-state index >= 15 is 0 Å². The van der Waals surface area contributed by atoms with Gasteiger partial charge in [0.2, 0.25) is 0 Å². The first-order valence-corrected chi connectivity index (χ1v) is 7.32. The maximum atomic E-state index is 11.2. The maximum absolute atomic E-state index is 11.2. The van der Waals surface area contributed by atoms with Crippen molar-refractivity contribution in [2.45, 2.75) is 18.6 Å². The Balaban J connectivity index is 2.72. The Labute approximate surface area is 114 Å². The highest BCUT2D eigenvalue weighted by Crippen LogP contribution is 2.21. The number of rotatable bonds is 6. The van der Waals surface area contributed by atoms with Crippen LogP contribution in [0.2, 0.25) is 0 Å².